The van der Waals surface area contributed by atoms with Gasteiger partial charge >= 0.3 is 0 Å². The molecule has 0 saturated heterocycles. The number of hydrogen-bond donors (Lipinski definition) is 2. The van der Waals surface area contributed by atoms with Gasteiger partial charge in [0.1, 0.15) is 17.1 Å². The number of hydrogen-bond acceptors (Lipinski definition) is 5. The van der Waals surface area contributed by atoms with Gasteiger partial charge in [-0.15, -0.1) is 12.4 Å². The molecule has 0 saturated carbocycles. The Labute approximate surface area is 168 Å². The monoisotopic (exact) mass is 397 g/mol. The number of fused-ring (bicyclic) bond motifs is 1. The molecule has 0 aliphatic rings. The largest absolute Gasteiger partial charge is 0.505 e. The molecule has 0 aliphatic carbocycles. The molecule has 3 aromatic heterocycles. The second-order valence-corrected chi connectivity index (χ2v) is 7.11. The minimum absolute atomic E-state index is 0. The first-order chi connectivity index (χ1) is 12.6. The molecule has 6 heteroatoms. The average molecular weight is 398 g/mol. The lowest BCUT2D eigenvalue weighted by atomic mass is 9.98. The summed E-state index contributed by atoms with van der Waals surface area (Å²) in [6.45, 7) is 3.89. The standard InChI is InChI=1S/C21H19N3OS.ClH/c1-13-4-3-5-18(22-13)24-19(16-10-11-26-12-16)17-9-8-15-7-6-14(2)23-20(15)21(17)25;/h3-12,19,25H,1-2H3,(H,22,24);1H. The molecule has 4 aromatic rings. The number of thiophene rings is 1. The van der Waals surface area contributed by atoms with Crippen LogP contribution in [0.2, 0.25) is 0 Å². The van der Waals surface area contributed by atoms with Crippen LogP contribution in [0.15, 0.2) is 59.3 Å². The topological polar surface area (TPSA) is 58.0 Å². The van der Waals surface area contributed by atoms with E-state index < -0.39 is 0 Å². The Morgan fingerprint density at radius 2 is 1.74 bits per heavy atom. The quantitative estimate of drug-likeness (QED) is 0.468. The highest BCUT2D eigenvalue weighted by Crippen LogP contribution is 2.37. The zero-order valence-corrected chi connectivity index (χ0v) is 16.6. The van der Waals surface area contributed by atoms with Crippen molar-refractivity contribution in [3.8, 4) is 5.75 Å². The number of phenolic OH excluding ortho intramolecular Hbond substituents is 1. The van der Waals surface area contributed by atoms with Gasteiger partial charge in [-0.1, -0.05) is 24.3 Å². The SMILES string of the molecule is Cc1cccc(NC(c2ccsc2)c2ccc3ccc(C)nc3c2O)n1.Cl. The van der Waals surface area contributed by atoms with Crippen molar-refractivity contribution in [2.45, 2.75) is 19.9 Å². The summed E-state index contributed by atoms with van der Waals surface area (Å²) in [7, 11) is 0. The summed E-state index contributed by atoms with van der Waals surface area (Å²) in [4.78, 5) is 9.08. The van der Waals surface area contributed by atoms with Gasteiger partial charge in [0.05, 0.1) is 6.04 Å². The summed E-state index contributed by atoms with van der Waals surface area (Å²) in [6, 6.07) is 15.6. The molecule has 3 heterocycles. The first kappa shape index (κ1) is 19.1. The van der Waals surface area contributed by atoms with Crippen molar-refractivity contribution in [3.05, 3.63) is 81.8 Å². The zero-order chi connectivity index (χ0) is 18.1. The van der Waals surface area contributed by atoms with E-state index in [2.05, 4.69) is 26.7 Å². The smallest absolute Gasteiger partial charge is 0.147 e. The van der Waals surface area contributed by atoms with Gasteiger partial charge in [-0.3, -0.25) is 0 Å². The van der Waals surface area contributed by atoms with E-state index in [0.717, 1.165) is 33.7 Å². The van der Waals surface area contributed by atoms with Crippen LogP contribution in [-0.4, -0.2) is 15.1 Å². The van der Waals surface area contributed by atoms with Crippen LogP contribution in [0.1, 0.15) is 28.6 Å². The second-order valence-electron chi connectivity index (χ2n) is 6.33. The van der Waals surface area contributed by atoms with Crippen molar-refractivity contribution in [1.82, 2.24) is 9.97 Å². The van der Waals surface area contributed by atoms with E-state index in [9.17, 15) is 5.11 Å². The fourth-order valence-electron chi connectivity index (χ4n) is 3.07. The Morgan fingerprint density at radius 1 is 0.963 bits per heavy atom. The third kappa shape index (κ3) is 3.89. The summed E-state index contributed by atoms with van der Waals surface area (Å²) in [5.74, 6) is 0.987. The fourth-order valence-corrected chi connectivity index (χ4v) is 3.76. The van der Waals surface area contributed by atoms with Gasteiger partial charge in [-0.05, 0) is 54.4 Å². The van der Waals surface area contributed by atoms with Crippen LogP contribution in [0.5, 0.6) is 5.75 Å². The fraction of sp³-hybridized carbons (Fsp3) is 0.143. The number of nitrogens with one attached hydrogen (secondary N) is 1. The predicted octanol–water partition coefficient (Wildman–Crippen LogP) is 5.64. The number of rotatable bonds is 4. The molecule has 0 aliphatic heterocycles. The Balaban J connectivity index is 0.00000210. The zero-order valence-electron chi connectivity index (χ0n) is 15.0. The third-order valence-electron chi connectivity index (χ3n) is 4.37. The van der Waals surface area contributed by atoms with Gasteiger partial charge in [0.25, 0.3) is 0 Å². The van der Waals surface area contributed by atoms with E-state index in [0.29, 0.717) is 5.52 Å². The summed E-state index contributed by atoms with van der Waals surface area (Å²) < 4.78 is 0. The molecule has 0 radical (unpaired) electrons. The van der Waals surface area contributed by atoms with Gasteiger partial charge in [0.15, 0.2) is 0 Å². The van der Waals surface area contributed by atoms with Crippen LogP contribution in [0.3, 0.4) is 0 Å². The molecule has 0 bridgehead atoms. The number of aromatic nitrogens is 2. The molecule has 1 aromatic carbocycles. The van der Waals surface area contributed by atoms with Crippen LogP contribution in [0.25, 0.3) is 10.9 Å². The van der Waals surface area contributed by atoms with Gasteiger partial charge in [0.2, 0.25) is 0 Å². The summed E-state index contributed by atoms with van der Waals surface area (Å²) >= 11 is 1.63. The molecule has 1 unspecified atom stereocenters. The number of phenols is 1. The Morgan fingerprint density at radius 3 is 2.48 bits per heavy atom. The van der Waals surface area contributed by atoms with Crippen LogP contribution in [0, 0.1) is 13.8 Å². The maximum atomic E-state index is 11.0. The molecule has 27 heavy (non-hydrogen) atoms. The number of nitrogens with zero attached hydrogens (tertiary/aromatic N) is 2. The number of anilines is 1. The van der Waals surface area contributed by atoms with Crippen molar-refractivity contribution in [2.75, 3.05) is 5.32 Å². The summed E-state index contributed by atoms with van der Waals surface area (Å²) in [5.41, 5.74) is 4.32. The van der Waals surface area contributed by atoms with Crippen molar-refractivity contribution < 1.29 is 5.11 Å². The Hall–Kier alpha value is -2.63. The van der Waals surface area contributed by atoms with Crippen LogP contribution in [-0.2, 0) is 0 Å². The van der Waals surface area contributed by atoms with E-state index in [4.69, 9.17) is 0 Å². The Bertz CT molecular complexity index is 1070. The third-order valence-corrected chi connectivity index (χ3v) is 5.08. The summed E-state index contributed by atoms with van der Waals surface area (Å²) in [5, 5.41) is 19.5. The van der Waals surface area contributed by atoms with Crippen molar-refractivity contribution in [1.29, 1.82) is 0 Å². The molecule has 0 spiro atoms. The van der Waals surface area contributed by atoms with Gasteiger partial charge in [0, 0.05) is 22.3 Å². The first-order valence-corrected chi connectivity index (χ1v) is 9.37. The number of aryl methyl sites for hydroxylation is 2. The van der Waals surface area contributed by atoms with Crippen LogP contribution < -0.4 is 5.32 Å². The molecular weight excluding hydrogens is 378 g/mol. The molecule has 138 valence electrons. The lowest BCUT2D eigenvalue weighted by Gasteiger charge is -2.21. The van der Waals surface area contributed by atoms with Crippen LogP contribution in [0.4, 0.5) is 5.82 Å². The minimum atomic E-state index is -0.206. The lowest BCUT2D eigenvalue weighted by molar-refractivity contribution is 0.471. The highest BCUT2D eigenvalue weighted by Gasteiger charge is 2.21. The first-order valence-electron chi connectivity index (χ1n) is 8.43. The highest BCUT2D eigenvalue weighted by atomic mass is 35.5. The van der Waals surface area contributed by atoms with Gasteiger partial charge < -0.3 is 10.4 Å². The van der Waals surface area contributed by atoms with E-state index in [1.54, 1.807) is 11.3 Å². The maximum Gasteiger partial charge on any atom is 0.147 e. The highest BCUT2D eigenvalue weighted by molar-refractivity contribution is 7.08. The molecule has 1 atom stereocenters. The number of halogens is 1. The molecule has 4 nitrogen and oxygen atoms in total. The van der Waals surface area contributed by atoms with E-state index >= 15 is 0 Å². The average Bonchev–Trinajstić information content (AvgIpc) is 3.15. The lowest BCUT2D eigenvalue weighted by Crippen LogP contribution is -2.13. The van der Waals surface area contributed by atoms with Crippen molar-refractivity contribution in [2.24, 2.45) is 0 Å². The summed E-state index contributed by atoms with van der Waals surface area (Å²) in [6.07, 6.45) is 0. The van der Waals surface area contributed by atoms with Gasteiger partial charge in [-0.2, -0.15) is 11.3 Å². The predicted molar refractivity (Wildman–Crippen MR) is 114 cm³/mol. The molecule has 0 amide bonds. The van der Waals surface area contributed by atoms with E-state index in [1.165, 1.54) is 0 Å². The molecular formula is C21H20ClN3OS. The second kappa shape index (κ2) is 7.94. The van der Waals surface area contributed by atoms with Crippen molar-refractivity contribution in [3.63, 3.8) is 0 Å². The number of pyridine rings is 2. The van der Waals surface area contributed by atoms with Crippen LogP contribution >= 0.6 is 23.7 Å². The van der Waals surface area contributed by atoms with Crippen molar-refractivity contribution >= 4 is 40.5 Å². The molecule has 0 fully saturated rings. The molecule has 2 N–H and O–H groups in total. The Kier molecular flexibility index (Phi) is 5.63. The van der Waals surface area contributed by atoms with E-state index in [-0.39, 0.29) is 24.2 Å². The number of aromatic hydroxyl groups is 1. The number of benzene rings is 1. The minimum Gasteiger partial charge on any atom is -0.505 e. The maximum absolute atomic E-state index is 11.0. The van der Waals surface area contributed by atoms with Gasteiger partial charge in [-0.25, -0.2) is 9.97 Å². The van der Waals surface area contributed by atoms with E-state index in [1.807, 2.05) is 61.7 Å². The molecule has 4 rings (SSSR count). The normalized spacial score (nSPS) is 11.8.